The molecular weight excluding hydrogens is 485 g/mol. The number of aryl methyl sites for hydroxylation is 1. The number of benzene rings is 3. The van der Waals surface area contributed by atoms with Crippen LogP contribution in [0.1, 0.15) is 16.9 Å². The topological polar surface area (TPSA) is 147 Å². The molecule has 1 aromatic heterocycles. The van der Waals surface area contributed by atoms with Gasteiger partial charge in [0.25, 0.3) is 11.6 Å². The third-order valence-corrected chi connectivity index (χ3v) is 5.56. The second-order valence-corrected chi connectivity index (χ2v) is 7.89. The van der Waals surface area contributed by atoms with Crippen molar-refractivity contribution in [3.63, 3.8) is 0 Å². The number of nitro groups is 1. The van der Waals surface area contributed by atoms with E-state index in [1.807, 2.05) is 16.8 Å². The number of aromatic nitrogens is 2. The van der Waals surface area contributed by atoms with Crippen LogP contribution < -0.4 is 10.7 Å². The van der Waals surface area contributed by atoms with Crippen molar-refractivity contribution in [2.24, 2.45) is 0 Å². The Bertz CT molecular complexity index is 1590. The number of halogens is 3. The Morgan fingerprint density at radius 1 is 1.08 bits per heavy atom. The van der Waals surface area contributed by atoms with Crippen LogP contribution in [0.3, 0.4) is 0 Å². The number of fused-ring (bicyclic) bond motifs is 5. The van der Waals surface area contributed by atoms with Crippen molar-refractivity contribution in [1.29, 1.82) is 0 Å². The molecule has 13 heteroatoms. The minimum absolute atomic E-state index is 0.0704. The van der Waals surface area contributed by atoms with E-state index in [-0.39, 0.29) is 17.0 Å². The summed E-state index contributed by atoms with van der Waals surface area (Å²) in [5.41, 5.74) is 1.92. The number of carboxylic acids is 1. The molecule has 1 aliphatic heterocycles. The van der Waals surface area contributed by atoms with Gasteiger partial charge in [0.15, 0.2) is 5.43 Å². The van der Waals surface area contributed by atoms with Gasteiger partial charge in [-0.1, -0.05) is 18.2 Å². The van der Waals surface area contributed by atoms with E-state index in [1.165, 1.54) is 18.2 Å². The number of nitro benzene ring substituents is 1. The average molecular weight is 502 g/mol. The van der Waals surface area contributed by atoms with Crippen LogP contribution in [-0.2, 0) is 11.3 Å². The molecule has 3 N–H and O–H groups in total. The maximum atomic E-state index is 12.7. The molecule has 1 aliphatic rings. The zero-order valence-corrected chi connectivity index (χ0v) is 18.3. The first-order valence-corrected chi connectivity index (χ1v) is 10.5. The summed E-state index contributed by atoms with van der Waals surface area (Å²) in [5.74, 6) is -2.89. The molecule has 0 spiro atoms. The first-order chi connectivity index (χ1) is 17.0. The van der Waals surface area contributed by atoms with Crippen LogP contribution in [0.5, 0.6) is 0 Å². The van der Waals surface area contributed by atoms with E-state index in [2.05, 4.69) is 10.4 Å². The fraction of sp³-hybridized carbons (Fsp3) is 0.174. The third kappa shape index (κ3) is 4.62. The van der Waals surface area contributed by atoms with E-state index in [4.69, 9.17) is 9.90 Å². The van der Waals surface area contributed by atoms with Crippen LogP contribution >= 0.6 is 0 Å². The molecule has 0 aliphatic carbocycles. The first kappa shape index (κ1) is 24.4. The number of nitrogens with zero attached hydrogens (tertiary/aromatic N) is 2. The summed E-state index contributed by atoms with van der Waals surface area (Å²) in [6.07, 6.45) is -4.27. The molecule has 3 aromatic carbocycles. The minimum Gasteiger partial charge on any atom is -0.475 e. The van der Waals surface area contributed by atoms with E-state index in [0.717, 1.165) is 28.1 Å². The monoisotopic (exact) mass is 502 g/mol. The fourth-order valence-corrected chi connectivity index (χ4v) is 3.95. The standard InChI is InChI=1S/C21H16N4O4.C2HF3O2/c26-18-10-13-5-6-15-19(23-24-8-2-7-22-21(27)20(15)24)17(13)11-16(18)12-3-1-4-14(9-12)25(28)29;3-2(4,5)1(6)7/h1,3-6,9-11,23H,2,7-8H2,(H,22,27);(H,6,7). The number of alkyl halides is 3. The van der Waals surface area contributed by atoms with Crippen molar-refractivity contribution < 1.29 is 32.8 Å². The van der Waals surface area contributed by atoms with E-state index in [9.17, 15) is 32.9 Å². The Labute approximate surface area is 199 Å². The van der Waals surface area contributed by atoms with Gasteiger partial charge in [-0.3, -0.25) is 29.5 Å². The van der Waals surface area contributed by atoms with Gasteiger partial charge in [0, 0.05) is 41.6 Å². The van der Waals surface area contributed by atoms with Gasteiger partial charge in [0.05, 0.1) is 10.4 Å². The molecule has 4 aromatic rings. The minimum atomic E-state index is -5.08. The maximum Gasteiger partial charge on any atom is 0.490 e. The third-order valence-electron chi connectivity index (χ3n) is 5.56. The largest absolute Gasteiger partial charge is 0.490 e. The number of carboxylic acid groups (broad SMARTS) is 1. The molecule has 0 bridgehead atoms. The van der Waals surface area contributed by atoms with Crippen molar-refractivity contribution in [3.8, 4) is 11.1 Å². The van der Waals surface area contributed by atoms with E-state index in [1.54, 1.807) is 18.2 Å². The van der Waals surface area contributed by atoms with Crippen molar-refractivity contribution in [2.45, 2.75) is 19.1 Å². The lowest BCUT2D eigenvalue weighted by atomic mass is 9.98. The van der Waals surface area contributed by atoms with Crippen LogP contribution in [0.25, 0.3) is 32.8 Å². The summed E-state index contributed by atoms with van der Waals surface area (Å²) in [6.45, 7) is 1.31. The van der Waals surface area contributed by atoms with Crippen LogP contribution in [0, 0.1) is 10.1 Å². The van der Waals surface area contributed by atoms with E-state index in [0.29, 0.717) is 29.9 Å². The predicted molar refractivity (Wildman–Crippen MR) is 123 cm³/mol. The number of rotatable bonds is 2. The van der Waals surface area contributed by atoms with E-state index >= 15 is 0 Å². The summed E-state index contributed by atoms with van der Waals surface area (Å²) in [4.78, 5) is 44.7. The predicted octanol–water partition coefficient (Wildman–Crippen LogP) is 3.82. The molecule has 0 fully saturated rings. The molecule has 0 saturated heterocycles. The summed E-state index contributed by atoms with van der Waals surface area (Å²) in [6, 6.07) is 13.0. The highest BCUT2D eigenvalue weighted by Gasteiger charge is 2.38. The smallest absolute Gasteiger partial charge is 0.475 e. The molecule has 0 unspecified atom stereocenters. The highest BCUT2D eigenvalue weighted by Crippen LogP contribution is 2.30. The molecule has 0 atom stereocenters. The second-order valence-electron chi connectivity index (χ2n) is 7.89. The van der Waals surface area contributed by atoms with Gasteiger partial charge in [-0.15, -0.1) is 0 Å². The number of hydrogen-bond acceptors (Lipinski definition) is 5. The molecule has 2 heterocycles. The number of aliphatic carboxylic acids is 1. The number of carbonyl (C=O) groups excluding carboxylic acids is 1. The Hall–Kier alpha value is -4.68. The molecular formula is C23H17F3N4O6. The molecule has 186 valence electrons. The van der Waals surface area contributed by atoms with Gasteiger partial charge in [0.2, 0.25) is 0 Å². The summed E-state index contributed by atoms with van der Waals surface area (Å²) in [7, 11) is 0. The lowest BCUT2D eigenvalue weighted by Crippen LogP contribution is -2.23. The zero-order valence-electron chi connectivity index (χ0n) is 18.3. The van der Waals surface area contributed by atoms with Crippen molar-refractivity contribution in [3.05, 3.63) is 74.6 Å². The maximum absolute atomic E-state index is 12.7. The fourth-order valence-electron chi connectivity index (χ4n) is 3.95. The first-order valence-electron chi connectivity index (χ1n) is 10.5. The van der Waals surface area contributed by atoms with Gasteiger partial charge in [0.1, 0.15) is 5.69 Å². The van der Waals surface area contributed by atoms with Crippen molar-refractivity contribution in [1.82, 2.24) is 15.1 Å². The van der Waals surface area contributed by atoms with E-state index < -0.39 is 17.1 Å². The Morgan fingerprint density at radius 3 is 2.47 bits per heavy atom. The number of nitrogens with one attached hydrogen (secondary N) is 2. The normalized spacial score (nSPS) is 13.4. The molecule has 10 nitrogen and oxygen atoms in total. The van der Waals surface area contributed by atoms with Gasteiger partial charge < -0.3 is 10.4 Å². The Balaban J connectivity index is 0.000000384. The van der Waals surface area contributed by atoms with Gasteiger partial charge in [-0.25, -0.2) is 4.79 Å². The molecule has 36 heavy (non-hydrogen) atoms. The van der Waals surface area contributed by atoms with Crippen LogP contribution in [-0.4, -0.2) is 44.4 Å². The lowest BCUT2D eigenvalue weighted by molar-refractivity contribution is -0.384. The number of H-pyrrole nitrogens is 1. The molecule has 0 radical (unpaired) electrons. The van der Waals surface area contributed by atoms with Crippen molar-refractivity contribution >= 4 is 39.2 Å². The quantitative estimate of drug-likeness (QED) is 0.280. The zero-order chi connectivity index (χ0) is 26.2. The molecule has 0 saturated carbocycles. The summed E-state index contributed by atoms with van der Waals surface area (Å²) < 4.78 is 33.6. The lowest BCUT2D eigenvalue weighted by Gasteiger charge is -2.05. The SMILES string of the molecule is O=C(O)C(F)(F)F.O=C1NCCCn2[nH]c3c(ccc4cc(=O)c(-c5cccc([N+](=O)[O-])c5)cc43)c21. The van der Waals surface area contributed by atoms with Crippen LogP contribution in [0.2, 0.25) is 0 Å². The number of non-ortho nitro benzene ring substituents is 1. The average Bonchev–Trinajstić information content (AvgIpc) is 3.10. The second kappa shape index (κ2) is 9.17. The Morgan fingerprint density at radius 2 is 1.81 bits per heavy atom. The summed E-state index contributed by atoms with van der Waals surface area (Å²) >= 11 is 0. The number of aromatic amines is 1. The van der Waals surface area contributed by atoms with Gasteiger partial charge >= 0.3 is 12.1 Å². The van der Waals surface area contributed by atoms with Gasteiger partial charge in [-0.05, 0) is 35.6 Å². The number of amides is 1. The highest BCUT2D eigenvalue weighted by atomic mass is 19.4. The van der Waals surface area contributed by atoms with Crippen molar-refractivity contribution in [2.75, 3.05) is 6.54 Å². The van der Waals surface area contributed by atoms with Crippen LogP contribution in [0.15, 0.2) is 53.3 Å². The Kier molecular flexibility index (Phi) is 6.23. The molecule has 1 amide bonds. The van der Waals surface area contributed by atoms with Gasteiger partial charge in [-0.2, -0.15) is 13.2 Å². The number of carbonyl (C=O) groups is 2. The summed E-state index contributed by atoms with van der Waals surface area (Å²) in [5, 5.41) is 26.7. The number of hydrogen-bond donors (Lipinski definition) is 3. The molecule has 5 rings (SSSR count). The highest BCUT2D eigenvalue weighted by molar-refractivity contribution is 6.13. The van der Waals surface area contributed by atoms with Crippen LogP contribution in [0.4, 0.5) is 18.9 Å².